The summed E-state index contributed by atoms with van der Waals surface area (Å²) >= 11 is 0. The summed E-state index contributed by atoms with van der Waals surface area (Å²) in [6.07, 6.45) is -3.71. The van der Waals surface area contributed by atoms with E-state index in [0.717, 1.165) is 17.2 Å². The summed E-state index contributed by atoms with van der Waals surface area (Å²) in [5.74, 6) is -4.83. The van der Waals surface area contributed by atoms with Crippen LogP contribution in [-0.4, -0.2) is 90.8 Å². The van der Waals surface area contributed by atoms with Crippen molar-refractivity contribution in [1.29, 1.82) is 0 Å². The monoisotopic (exact) mass is 526 g/mol. The first kappa shape index (κ1) is 28.8. The molecule has 0 aromatic rings. The smallest absolute Gasteiger partial charge is 0.464 e. The zero-order valence-corrected chi connectivity index (χ0v) is 19.9. The number of halogens is 1. The third-order valence-corrected chi connectivity index (χ3v) is 6.03. The number of hydrogen-bond acceptors (Lipinski definition) is 13. The number of amides is 1. The molecular weight excluding hydrogens is 498 g/mol. The van der Waals surface area contributed by atoms with Crippen molar-refractivity contribution in [2.24, 2.45) is 5.92 Å². The van der Waals surface area contributed by atoms with E-state index in [1.807, 2.05) is 0 Å². The van der Waals surface area contributed by atoms with Gasteiger partial charge in [0.1, 0.15) is 11.9 Å². The second-order valence-corrected chi connectivity index (χ2v) is 8.74. The summed E-state index contributed by atoms with van der Waals surface area (Å²) in [7, 11) is -4.63. The maximum Gasteiger partial charge on any atom is 0.476 e. The van der Waals surface area contributed by atoms with Crippen LogP contribution >= 0.6 is 7.82 Å². The summed E-state index contributed by atoms with van der Waals surface area (Å²) in [6, 6.07) is 0. The number of esters is 2. The number of nitrogens with zero attached hydrogens (tertiary/aromatic N) is 1. The molecule has 2 rings (SSSR count). The number of carbonyl (C=O) groups is 3. The highest BCUT2D eigenvalue weighted by Gasteiger charge is 2.50. The largest absolute Gasteiger partial charge is 0.476 e. The Morgan fingerprint density at radius 2 is 1.74 bits per heavy atom. The highest BCUT2D eigenvalue weighted by atomic mass is 31.2. The molecule has 0 saturated carbocycles. The minimum Gasteiger partial charge on any atom is -0.464 e. The molecule has 0 aliphatic carbocycles. The van der Waals surface area contributed by atoms with Crippen molar-refractivity contribution in [2.45, 2.75) is 38.6 Å². The quantitative estimate of drug-likeness (QED) is 0.210. The number of ether oxygens (including phenoxy) is 3. The summed E-state index contributed by atoms with van der Waals surface area (Å²) in [5, 5.41) is 22.8. The Hall–Kier alpha value is -2.39. The van der Waals surface area contributed by atoms with Gasteiger partial charge in [-0.25, -0.2) is 18.5 Å². The van der Waals surface area contributed by atoms with Gasteiger partial charge in [-0.1, -0.05) is 6.58 Å². The van der Waals surface area contributed by atoms with Crippen LogP contribution < -0.4 is 5.32 Å². The number of aliphatic hydroxyl groups is 2. The van der Waals surface area contributed by atoms with Crippen molar-refractivity contribution in [3.63, 3.8) is 0 Å². The molecule has 1 saturated heterocycles. The van der Waals surface area contributed by atoms with E-state index in [0.29, 0.717) is 0 Å². The van der Waals surface area contributed by atoms with E-state index in [9.17, 15) is 33.6 Å². The van der Waals surface area contributed by atoms with Gasteiger partial charge in [-0.3, -0.25) is 18.4 Å². The Labute approximate surface area is 200 Å². The first-order valence-electron chi connectivity index (χ1n) is 10.5. The molecule has 0 aromatic heterocycles. The molecule has 14 nitrogen and oxygen atoms in total. The first-order valence-corrected chi connectivity index (χ1v) is 11.9. The van der Waals surface area contributed by atoms with E-state index in [1.165, 1.54) is 13.8 Å². The third-order valence-electron chi connectivity index (χ3n) is 4.67. The zero-order valence-electron chi connectivity index (χ0n) is 19.0. The maximum atomic E-state index is 14.2. The molecule has 16 heteroatoms. The Bertz CT molecular complexity index is 845. The summed E-state index contributed by atoms with van der Waals surface area (Å²) in [5.41, 5.74) is 0. The predicted molar refractivity (Wildman–Crippen MR) is 112 cm³/mol. The number of carbonyl (C=O) groups excluding carboxylic acids is 3. The van der Waals surface area contributed by atoms with Gasteiger partial charge in [0.25, 0.3) is 0 Å². The molecule has 0 spiro atoms. The average molecular weight is 526 g/mol. The van der Waals surface area contributed by atoms with Crippen LogP contribution in [0.15, 0.2) is 24.7 Å². The lowest BCUT2D eigenvalue weighted by molar-refractivity contribution is -0.153. The molecule has 2 heterocycles. The lowest BCUT2D eigenvalue weighted by Crippen LogP contribution is -2.55. The second-order valence-electron chi connectivity index (χ2n) is 7.07. The molecule has 1 fully saturated rings. The summed E-state index contributed by atoms with van der Waals surface area (Å²) in [6.45, 7) is 3.85. The fourth-order valence-electron chi connectivity index (χ4n) is 3.17. The van der Waals surface area contributed by atoms with Crippen LogP contribution in [0.4, 0.5) is 4.39 Å². The molecule has 1 unspecified atom stereocenters. The Morgan fingerprint density at radius 3 is 2.23 bits per heavy atom. The van der Waals surface area contributed by atoms with Gasteiger partial charge < -0.3 is 34.6 Å². The summed E-state index contributed by atoms with van der Waals surface area (Å²) in [4.78, 5) is 35.6. The molecule has 0 radical (unpaired) electrons. The molecule has 1 amide bonds. The van der Waals surface area contributed by atoms with Crippen LogP contribution in [0, 0.1) is 5.92 Å². The Kier molecular flexibility index (Phi) is 10.8. The topological polar surface area (TPSA) is 179 Å². The van der Waals surface area contributed by atoms with Gasteiger partial charge in [0.15, 0.2) is 19.4 Å². The number of aliphatic hydroxyl groups excluding tert-OH is 2. The van der Waals surface area contributed by atoms with Crippen LogP contribution in [0.25, 0.3) is 0 Å². The van der Waals surface area contributed by atoms with Gasteiger partial charge in [0.2, 0.25) is 12.3 Å². The van der Waals surface area contributed by atoms with Gasteiger partial charge in [0.05, 0.1) is 31.8 Å². The van der Waals surface area contributed by atoms with Crippen LogP contribution in [0.3, 0.4) is 0 Å². The zero-order chi connectivity index (χ0) is 26.2. The molecule has 0 aromatic carbocycles. The van der Waals surface area contributed by atoms with E-state index in [-0.39, 0.29) is 13.2 Å². The lowest BCUT2D eigenvalue weighted by Gasteiger charge is -2.35. The van der Waals surface area contributed by atoms with Crippen molar-refractivity contribution in [2.75, 3.05) is 33.0 Å². The molecule has 2 aliphatic heterocycles. The average Bonchev–Trinajstić information content (AvgIpc) is 3.12. The van der Waals surface area contributed by atoms with Crippen LogP contribution in [-0.2, 0) is 46.7 Å². The van der Waals surface area contributed by atoms with Crippen molar-refractivity contribution < 1.29 is 61.3 Å². The van der Waals surface area contributed by atoms with Crippen molar-refractivity contribution in [3.05, 3.63) is 24.7 Å². The SMILES string of the molecule is C=C(F)[C@H]1[C@@H](O)[C@H](N2C=CC(=O)NC2O)O[C@@H]1COP(=O)(OCC(=O)OCC)OCC(=O)OCC. The molecule has 2 aliphatic rings. The van der Waals surface area contributed by atoms with E-state index in [4.69, 9.17) is 18.3 Å². The molecular formula is C19H28FN2O12P. The number of nitrogens with one attached hydrogen (secondary N) is 1. The number of phosphoric ester groups is 1. The van der Waals surface area contributed by atoms with Crippen LogP contribution in [0.1, 0.15) is 13.8 Å². The van der Waals surface area contributed by atoms with Gasteiger partial charge in [-0.2, -0.15) is 0 Å². The molecule has 198 valence electrons. The number of hydrogen-bond donors (Lipinski definition) is 3. The van der Waals surface area contributed by atoms with E-state index in [1.54, 1.807) is 0 Å². The van der Waals surface area contributed by atoms with Crippen LogP contribution in [0.2, 0.25) is 0 Å². The van der Waals surface area contributed by atoms with Gasteiger partial charge in [-0.15, -0.1) is 0 Å². The maximum absolute atomic E-state index is 14.2. The fraction of sp³-hybridized carbons (Fsp3) is 0.632. The second kappa shape index (κ2) is 13.1. The van der Waals surface area contributed by atoms with Crippen molar-refractivity contribution >= 4 is 25.7 Å². The Balaban J connectivity index is 2.13. The highest BCUT2D eigenvalue weighted by Crippen LogP contribution is 2.50. The third kappa shape index (κ3) is 8.07. The van der Waals surface area contributed by atoms with Gasteiger partial charge in [-0.05, 0) is 13.8 Å². The molecule has 35 heavy (non-hydrogen) atoms. The van der Waals surface area contributed by atoms with E-state index < -0.39 is 82.0 Å². The molecule has 3 N–H and O–H groups in total. The highest BCUT2D eigenvalue weighted by molar-refractivity contribution is 7.48. The van der Waals surface area contributed by atoms with Crippen LogP contribution in [0.5, 0.6) is 0 Å². The minimum absolute atomic E-state index is 0.0176. The molecule has 0 bridgehead atoms. The number of rotatable bonds is 13. The van der Waals surface area contributed by atoms with E-state index in [2.05, 4.69) is 21.4 Å². The molecule has 5 atom stereocenters. The summed E-state index contributed by atoms with van der Waals surface area (Å²) < 4.78 is 57.1. The Morgan fingerprint density at radius 1 is 1.17 bits per heavy atom. The number of phosphoric acid groups is 1. The first-order chi connectivity index (χ1) is 16.5. The van der Waals surface area contributed by atoms with Crippen molar-refractivity contribution in [3.8, 4) is 0 Å². The van der Waals surface area contributed by atoms with Crippen molar-refractivity contribution in [1.82, 2.24) is 10.2 Å². The fourth-order valence-corrected chi connectivity index (χ4v) is 4.25. The minimum atomic E-state index is -4.63. The van der Waals surface area contributed by atoms with Gasteiger partial charge >= 0.3 is 19.8 Å². The van der Waals surface area contributed by atoms with Gasteiger partial charge in [0, 0.05) is 12.3 Å². The predicted octanol–water partition coefficient (Wildman–Crippen LogP) is -0.323. The standard InChI is InChI=1S/C19H28FN2O12P/c1-4-29-14(24)9-32-35(28,33-10-15(25)30-5-2)31-8-12-16(11(3)20)17(26)18(34-12)22-7-6-13(23)21-19(22)27/h6-7,12,16-19,26-27H,3-5,8-10H2,1-2H3,(H,21,23)/t12-,16-,17-,18-,19?/m1/s1. The lowest BCUT2D eigenvalue weighted by atomic mass is 9.97. The normalized spacial score (nSPS) is 26.4. The van der Waals surface area contributed by atoms with E-state index >= 15 is 0 Å².